The van der Waals surface area contributed by atoms with Crippen LogP contribution in [-0.4, -0.2) is 28.5 Å². The minimum Gasteiger partial charge on any atom is -0.497 e. The summed E-state index contributed by atoms with van der Waals surface area (Å²) in [6, 6.07) is 18.1. The average molecular weight is 455 g/mol. The van der Waals surface area contributed by atoms with Crippen LogP contribution in [-0.2, 0) is 10.0 Å². The summed E-state index contributed by atoms with van der Waals surface area (Å²) < 4.78 is 39.1. The predicted octanol–water partition coefficient (Wildman–Crippen LogP) is 4.30. The molecule has 0 aliphatic heterocycles. The molecule has 32 heavy (non-hydrogen) atoms. The summed E-state index contributed by atoms with van der Waals surface area (Å²) in [7, 11) is -0.752. The molecule has 3 rings (SSSR count). The number of aryl methyl sites for hydroxylation is 1. The number of hydrogen-bond acceptors (Lipinski definition) is 5. The highest BCUT2D eigenvalue weighted by Crippen LogP contribution is 2.29. The summed E-state index contributed by atoms with van der Waals surface area (Å²) in [5.74, 6) is 0.842. The Bertz CT molecular complexity index is 1210. The van der Waals surface area contributed by atoms with E-state index in [4.69, 9.17) is 9.47 Å². The molecule has 3 aromatic rings. The minimum absolute atomic E-state index is 0.0422. The third-order valence-corrected chi connectivity index (χ3v) is 6.54. The molecule has 0 bridgehead atoms. The van der Waals surface area contributed by atoms with Crippen LogP contribution in [0.15, 0.2) is 71.6 Å². The first-order valence-electron chi connectivity index (χ1n) is 9.96. The third-order valence-electron chi connectivity index (χ3n) is 5.02. The van der Waals surface area contributed by atoms with E-state index in [1.165, 1.54) is 6.07 Å². The molecule has 0 heterocycles. The minimum atomic E-state index is -3.87. The van der Waals surface area contributed by atoms with E-state index in [0.29, 0.717) is 22.7 Å². The lowest BCUT2D eigenvalue weighted by molar-refractivity contribution is 0.0939. The van der Waals surface area contributed by atoms with E-state index < -0.39 is 22.0 Å². The molecule has 168 valence electrons. The molecule has 0 aliphatic carbocycles. The molecule has 2 N–H and O–H groups in total. The van der Waals surface area contributed by atoms with Gasteiger partial charge in [0.25, 0.3) is 15.9 Å². The zero-order chi connectivity index (χ0) is 23.3. The van der Waals surface area contributed by atoms with Crippen molar-refractivity contribution < 1.29 is 22.7 Å². The van der Waals surface area contributed by atoms with Crippen LogP contribution >= 0.6 is 0 Å². The van der Waals surface area contributed by atoms with Gasteiger partial charge in [0.2, 0.25) is 0 Å². The van der Waals surface area contributed by atoms with Gasteiger partial charge in [-0.05, 0) is 61.9 Å². The Morgan fingerprint density at radius 3 is 2.31 bits per heavy atom. The van der Waals surface area contributed by atoms with Crippen LogP contribution in [0.2, 0.25) is 0 Å². The maximum absolute atomic E-state index is 12.9. The lowest BCUT2D eigenvalue weighted by Gasteiger charge is -2.19. The summed E-state index contributed by atoms with van der Waals surface area (Å²) in [6.45, 7) is 3.50. The molecule has 0 aliphatic rings. The van der Waals surface area contributed by atoms with E-state index in [0.717, 1.165) is 5.56 Å². The fourth-order valence-corrected chi connectivity index (χ4v) is 4.61. The van der Waals surface area contributed by atoms with Crippen LogP contribution < -0.4 is 19.5 Å². The van der Waals surface area contributed by atoms with Crippen LogP contribution in [0, 0.1) is 6.92 Å². The van der Waals surface area contributed by atoms with Gasteiger partial charge in [0, 0.05) is 16.8 Å². The molecule has 0 saturated carbocycles. The van der Waals surface area contributed by atoms with Crippen molar-refractivity contribution in [2.24, 2.45) is 0 Å². The van der Waals surface area contributed by atoms with Gasteiger partial charge in [-0.15, -0.1) is 0 Å². The molecule has 1 atom stereocenters. The zero-order valence-corrected chi connectivity index (χ0v) is 19.2. The Morgan fingerprint density at radius 2 is 1.66 bits per heavy atom. The Labute approximate surface area is 188 Å². The molecule has 8 heteroatoms. The Morgan fingerprint density at radius 1 is 0.938 bits per heavy atom. The number of sulfonamides is 1. The van der Waals surface area contributed by atoms with Crippen LogP contribution in [0.3, 0.4) is 0 Å². The zero-order valence-electron chi connectivity index (χ0n) is 18.4. The standard InChI is InChI=1S/C24H26N2O5S/c1-16-10-11-18(14-23(16)32(28,29)26-19-8-6-5-7-9-19)24(27)25-17(2)21-15-20(30-3)12-13-22(21)31-4/h5-15,17,26H,1-4H3,(H,25,27)/t17-/m1/s1. The summed E-state index contributed by atoms with van der Waals surface area (Å²) in [5, 5.41) is 2.90. The summed E-state index contributed by atoms with van der Waals surface area (Å²) >= 11 is 0. The smallest absolute Gasteiger partial charge is 0.262 e. The maximum Gasteiger partial charge on any atom is 0.262 e. The SMILES string of the molecule is COc1ccc(OC)c([C@@H](C)NC(=O)c2ccc(C)c(S(=O)(=O)Nc3ccccc3)c2)c1. The van der Waals surface area contributed by atoms with Crippen molar-refractivity contribution in [2.45, 2.75) is 24.8 Å². The lowest BCUT2D eigenvalue weighted by Crippen LogP contribution is -2.27. The lowest BCUT2D eigenvalue weighted by atomic mass is 10.1. The second-order valence-electron chi connectivity index (χ2n) is 7.25. The van der Waals surface area contributed by atoms with Gasteiger partial charge in [0.05, 0.1) is 25.2 Å². The number of para-hydroxylation sites is 1. The van der Waals surface area contributed by atoms with Crippen LogP contribution in [0.5, 0.6) is 11.5 Å². The number of carbonyl (C=O) groups is 1. The van der Waals surface area contributed by atoms with Crippen molar-refractivity contribution in [1.29, 1.82) is 0 Å². The number of amides is 1. The number of hydrogen-bond donors (Lipinski definition) is 2. The quantitative estimate of drug-likeness (QED) is 0.529. The number of carbonyl (C=O) groups excluding carboxylic acids is 1. The van der Waals surface area contributed by atoms with Crippen molar-refractivity contribution in [3.63, 3.8) is 0 Å². The normalized spacial score (nSPS) is 12.0. The Hall–Kier alpha value is -3.52. The van der Waals surface area contributed by atoms with Crippen LogP contribution in [0.25, 0.3) is 0 Å². The van der Waals surface area contributed by atoms with E-state index in [1.54, 1.807) is 81.8 Å². The van der Waals surface area contributed by atoms with Crippen molar-refractivity contribution in [3.05, 3.63) is 83.4 Å². The molecule has 0 saturated heterocycles. The van der Waals surface area contributed by atoms with Crippen molar-refractivity contribution in [3.8, 4) is 11.5 Å². The number of nitrogens with one attached hydrogen (secondary N) is 2. The molecule has 1 amide bonds. The number of ether oxygens (including phenoxy) is 2. The van der Waals surface area contributed by atoms with Gasteiger partial charge in [-0.1, -0.05) is 24.3 Å². The maximum atomic E-state index is 12.9. The summed E-state index contributed by atoms with van der Waals surface area (Å²) in [4.78, 5) is 13.0. The largest absolute Gasteiger partial charge is 0.497 e. The van der Waals surface area contributed by atoms with Gasteiger partial charge >= 0.3 is 0 Å². The molecule has 0 radical (unpaired) electrons. The molecule has 3 aromatic carbocycles. The molecule has 0 unspecified atom stereocenters. The van der Waals surface area contributed by atoms with Crippen LogP contribution in [0.4, 0.5) is 5.69 Å². The molecule has 0 fully saturated rings. The highest BCUT2D eigenvalue weighted by molar-refractivity contribution is 7.92. The van der Waals surface area contributed by atoms with Crippen LogP contribution in [0.1, 0.15) is 34.5 Å². The highest BCUT2D eigenvalue weighted by atomic mass is 32.2. The summed E-state index contributed by atoms with van der Waals surface area (Å²) in [5.41, 5.74) is 1.96. The number of methoxy groups -OCH3 is 2. The fraction of sp³-hybridized carbons (Fsp3) is 0.208. The monoisotopic (exact) mass is 454 g/mol. The number of anilines is 1. The van der Waals surface area contributed by atoms with Gasteiger partial charge < -0.3 is 14.8 Å². The average Bonchev–Trinajstić information content (AvgIpc) is 2.79. The van der Waals surface area contributed by atoms with Gasteiger partial charge in [-0.3, -0.25) is 9.52 Å². The predicted molar refractivity (Wildman–Crippen MR) is 124 cm³/mol. The van der Waals surface area contributed by atoms with E-state index in [1.807, 2.05) is 6.92 Å². The van der Waals surface area contributed by atoms with Gasteiger partial charge in [-0.2, -0.15) is 0 Å². The van der Waals surface area contributed by atoms with Crippen molar-refractivity contribution >= 4 is 21.6 Å². The number of benzene rings is 3. The first kappa shape index (κ1) is 23.1. The fourth-order valence-electron chi connectivity index (χ4n) is 3.28. The van der Waals surface area contributed by atoms with Gasteiger partial charge in [-0.25, -0.2) is 8.42 Å². The summed E-state index contributed by atoms with van der Waals surface area (Å²) in [6.07, 6.45) is 0. The second kappa shape index (κ2) is 9.74. The molecule has 0 spiro atoms. The molecule has 7 nitrogen and oxygen atoms in total. The topological polar surface area (TPSA) is 93.7 Å². The first-order valence-corrected chi connectivity index (χ1v) is 11.4. The third kappa shape index (κ3) is 5.20. The van der Waals surface area contributed by atoms with Gasteiger partial charge in [0.1, 0.15) is 11.5 Å². The molecular formula is C24H26N2O5S. The first-order chi connectivity index (χ1) is 15.2. The van der Waals surface area contributed by atoms with E-state index in [-0.39, 0.29) is 10.5 Å². The number of rotatable bonds is 8. The van der Waals surface area contributed by atoms with Crippen molar-refractivity contribution in [2.75, 3.05) is 18.9 Å². The van der Waals surface area contributed by atoms with E-state index in [2.05, 4.69) is 10.0 Å². The van der Waals surface area contributed by atoms with Gasteiger partial charge in [0.15, 0.2) is 0 Å². The van der Waals surface area contributed by atoms with E-state index in [9.17, 15) is 13.2 Å². The highest BCUT2D eigenvalue weighted by Gasteiger charge is 2.21. The Balaban J connectivity index is 1.85. The molecule has 0 aromatic heterocycles. The van der Waals surface area contributed by atoms with E-state index >= 15 is 0 Å². The Kier molecular flexibility index (Phi) is 7.05. The second-order valence-corrected chi connectivity index (χ2v) is 8.91. The molecular weight excluding hydrogens is 428 g/mol. The van der Waals surface area contributed by atoms with Crippen molar-refractivity contribution in [1.82, 2.24) is 5.32 Å².